The molecule has 0 spiro atoms. The van der Waals surface area contributed by atoms with Gasteiger partial charge >= 0.3 is 0 Å². The van der Waals surface area contributed by atoms with Crippen molar-refractivity contribution < 1.29 is 9.47 Å². The van der Waals surface area contributed by atoms with E-state index in [4.69, 9.17) is 26.1 Å². The monoisotopic (exact) mass is 524 g/mol. The van der Waals surface area contributed by atoms with Crippen LogP contribution in [0.1, 0.15) is 42.5 Å². The van der Waals surface area contributed by atoms with Crippen LogP contribution in [0.3, 0.4) is 0 Å². The van der Waals surface area contributed by atoms with Crippen molar-refractivity contribution >= 4 is 34.1 Å². The van der Waals surface area contributed by atoms with E-state index in [9.17, 15) is 0 Å². The third kappa shape index (κ3) is 4.79. The average molecular weight is 525 g/mol. The van der Waals surface area contributed by atoms with Gasteiger partial charge in [-0.2, -0.15) is 4.98 Å². The molecule has 188 valence electrons. The van der Waals surface area contributed by atoms with Gasteiger partial charge in [0, 0.05) is 29.7 Å². The van der Waals surface area contributed by atoms with Gasteiger partial charge in [-0.1, -0.05) is 11.6 Å². The predicted octanol–water partition coefficient (Wildman–Crippen LogP) is 5.36. The third-order valence-corrected chi connectivity index (χ3v) is 8.12. The van der Waals surface area contributed by atoms with Crippen LogP contribution >= 0.6 is 22.9 Å². The van der Waals surface area contributed by atoms with Crippen LogP contribution in [0.4, 0.5) is 0 Å². The van der Waals surface area contributed by atoms with E-state index in [0.29, 0.717) is 34.4 Å². The maximum absolute atomic E-state index is 6.85. The summed E-state index contributed by atoms with van der Waals surface area (Å²) in [5.74, 6) is 2.00. The van der Waals surface area contributed by atoms with Gasteiger partial charge in [0.05, 0.1) is 11.6 Å². The zero-order valence-corrected chi connectivity index (χ0v) is 22.3. The van der Waals surface area contributed by atoms with Crippen LogP contribution in [-0.4, -0.2) is 61.2 Å². The van der Waals surface area contributed by atoms with E-state index in [1.807, 2.05) is 24.4 Å². The van der Waals surface area contributed by atoms with Crippen molar-refractivity contribution in [3.8, 4) is 23.0 Å². The summed E-state index contributed by atoms with van der Waals surface area (Å²) < 4.78 is 14.5. The number of piperidine rings is 1. The Balaban J connectivity index is 1.38. The number of benzene rings is 1. The van der Waals surface area contributed by atoms with Gasteiger partial charge in [-0.3, -0.25) is 0 Å². The highest BCUT2D eigenvalue weighted by Gasteiger charge is 2.41. The van der Waals surface area contributed by atoms with E-state index in [1.165, 1.54) is 0 Å². The molecule has 0 N–H and O–H groups in total. The Hall–Kier alpha value is -2.75. The van der Waals surface area contributed by atoms with Crippen molar-refractivity contribution in [2.75, 3.05) is 20.1 Å². The Morgan fingerprint density at radius 2 is 1.97 bits per heavy atom. The Kier molecular flexibility index (Phi) is 6.09. The van der Waals surface area contributed by atoms with Crippen molar-refractivity contribution in [1.29, 1.82) is 0 Å². The molecule has 0 amide bonds. The second-order valence-electron chi connectivity index (χ2n) is 10.1. The number of hydrogen-bond acceptors (Lipinski definition) is 8. The zero-order valence-electron chi connectivity index (χ0n) is 20.7. The first-order valence-corrected chi connectivity index (χ1v) is 13.5. The highest BCUT2D eigenvalue weighted by Crippen LogP contribution is 2.41. The highest BCUT2D eigenvalue weighted by atomic mass is 35.5. The Bertz CT molecular complexity index is 1410. The standard InChI is InChI=1S/C26H29ClN6O2S/c1-16-13-28-21(36-16)14-33-23(31-22-24(33)29-15-30-25(22)35-26(2)8-9-26)19-5-4-18(12-20(19)27)34-17-6-10-32(3)11-7-17/h4-5,12-13,15,17H,6-11,14H2,1-3H3. The van der Waals surface area contributed by atoms with Gasteiger partial charge in [-0.05, 0) is 64.8 Å². The molecule has 1 saturated heterocycles. The molecule has 0 radical (unpaired) electrons. The minimum absolute atomic E-state index is 0.178. The van der Waals surface area contributed by atoms with Gasteiger partial charge in [-0.15, -0.1) is 11.3 Å². The molecule has 6 rings (SSSR count). The summed E-state index contributed by atoms with van der Waals surface area (Å²) in [6.07, 6.45) is 7.68. The largest absolute Gasteiger partial charge is 0.490 e. The summed E-state index contributed by atoms with van der Waals surface area (Å²) in [7, 11) is 2.15. The molecule has 3 aromatic heterocycles. The first kappa shape index (κ1) is 23.6. The van der Waals surface area contributed by atoms with Crippen LogP contribution in [-0.2, 0) is 6.54 Å². The molecule has 0 bridgehead atoms. The molecule has 1 aromatic carbocycles. The normalized spacial score (nSPS) is 18.0. The molecular formula is C26H29ClN6O2S. The molecule has 0 unspecified atom stereocenters. The Morgan fingerprint density at radius 3 is 2.67 bits per heavy atom. The van der Waals surface area contributed by atoms with Gasteiger partial charge in [0.25, 0.3) is 0 Å². The lowest BCUT2D eigenvalue weighted by molar-refractivity contribution is 0.114. The minimum Gasteiger partial charge on any atom is -0.490 e. The number of aryl methyl sites for hydroxylation is 1. The lowest BCUT2D eigenvalue weighted by Gasteiger charge is -2.29. The van der Waals surface area contributed by atoms with Gasteiger partial charge in [0.1, 0.15) is 34.6 Å². The summed E-state index contributed by atoms with van der Waals surface area (Å²) in [6.45, 7) is 6.76. The van der Waals surface area contributed by atoms with Gasteiger partial charge < -0.3 is 18.9 Å². The number of fused-ring (bicyclic) bond motifs is 1. The van der Waals surface area contributed by atoms with Gasteiger partial charge in [0.2, 0.25) is 5.88 Å². The van der Waals surface area contributed by atoms with Gasteiger partial charge in [-0.25, -0.2) is 15.0 Å². The van der Waals surface area contributed by atoms with Crippen molar-refractivity contribution in [2.24, 2.45) is 0 Å². The number of hydrogen-bond donors (Lipinski definition) is 0. The maximum atomic E-state index is 6.85. The highest BCUT2D eigenvalue weighted by molar-refractivity contribution is 7.11. The van der Waals surface area contributed by atoms with Crippen LogP contribution in [0.15, 0.2) is 30.7 Å². The molecule has 36 heavy (non-hydrogen) atoms. The van der Waals surface area contributed by atoms with E-state index in [0.717, 1.165) is 60.0 Å². The third-order valence-electron chi connectivity index (χ3n) is 6.91. The number of thiazole rings is 1. The molecule has 8 nitrogen and oxygen atoms in total. The number of nitrogens with zero attached hydrogens (tertiary/aromatic N) is 6. The molecule has 0 atom stereocenters. The minimum atomic E-state index is -0.178. The van der Waals surface area contributed by atoms with Crippen LogP contribution in [0.2, 0.25) is 5.02 Å². The number of likely N-dealkylation sites (tertiary alicyclic amines) is 1. The number of imidazole rings is 1. The molecule has 10 heteroatoms. The summed E-state index contributed by atoms with van der Waals surface area (Å²) >= 11 is 8.50. The van der Waals surface area contributed by atoms with Crippen LogP contribution in [0, 0.1) is 6.92 Å². The van der Waals surface area contributed by atoms with E-state index >= 15 is 0 Å². The first-order chi connectivity index (χ1) is 17.4. The van der Waals surface area contributed by atoms with E-state index in [1.54, 1.807) is 17.7 Å². The number of aromatic nitrogens is 5. The van der Waals surface area contributed by atoms with Crippen LogP contribution in [0.5, 0.6) is 11.6 Å². The van der Waals surface area contributed by atoms with Crippen molar-refractivity contribution in [3.05, 3.63) is 45.6 Å². The molecule has 1 saturated carbocycles. The van der Waals surface area contributed by atoms with Crippen molar-refractivity contribution in [1.82, 2.24) is 29.4 Å². The average Bonchev–Trinajstić information content (AvgIpc) is 3.26. The fourth-order valence-corrected chi connectivity index (χ4v) is 5.54. The predicted molar refractivity (Wildman–Crippen MR) is 141 cm³/mol. The van der Waals surface area contributed by atoms with Crippen molar-refractivity contribution in [2.45, 2.75) is 57.8 Å². The second-order valence-corrected chi connectivity index (χ2v) is 11.8. The molecule has 2 fully saturated rings. The first-order valence-electron chi connectivity index (χ1n) is 12.3. The Labute approximate surface area is 219 Å². The number of ether oxygens (including phenoxy) is 2. The smallest absolute Gasteiger partial charge is 0.245 e. The summed E-state index contributed by atoms with van der Waals surface area (Å²) in [4.78, 5) is 22.0. The van der Waals surface area contributed by atoms with Crippen LogP contribution in [0.25, 0.3) is 22.6 Å². The molecule has 1 aliphatic carbocycles. The van der Waals surface area contributed by atoms with E-state index < -0.39 is 0 Å². The van der Waals surface area contributed by atoms with E-state index in [-0.39, 0.29) is 11.7 Å². The molecule has 4 heterocycles. The van der Waals surface area contributed by atoms with Crippen LogP contribution < -0.4 is 9.47 Å². The Morgan fingerprint density at radius 1 is 1.17 bits per heavy atom. The SMILES string of the molecule is Cc1cnc(Cn2c(-c3ccc(OC4CCN(C)CC4)cc3Cl)nc3c(OC4(C)CC4)ncnc32)s1. The number of halogens is 1. The summed E-state index contributed by atoms with van der Waals surface area (Å²) in [5.41, 5.74) is 1.97. The summed E-state index contributed by atoms with van der Waals surface area (Å²) in [6, 6.07) is 5.85. The van der Waals surface area contributed by atoms with Gasteiger partial charge in [0.15, 0.2) is 11.2 Å². The fraction of sp³-hybridized carbons (Fsp3) is 0.462. The quantitative estimate of drug-likeness (QED) is 0.322. The van der Waals surface area contributed by atoms with E-state index in [2.05, 4.69) is 45.3 Å². The topological polar surface area (TPSA) is 78.2 Å². The van der Waals surface area contributed by atoms with Crippen molar-refractivity contribution in [3.63, 3.8) is 0 Å². The summed E-state index contributed by atoms with van der Waals surface area (Å²) in [5, 5.41) is 1.55. The maximum Gasteiger partial charge on any atom is 0.245 e. The fourth-order valence-electron chi connectivity index (χ4n) is 4.51. The zero-order chi connectivity index (χ0) is 24.9. The molecule has 2 aliphatic rings. The second kappa shape index (κ2) is 9.28. The lowest BCUT2D eigenvalue weighted by atomic mass is 10.1. The molecule has 1 aliphatic heterocycles. The number of rotatable bonds is 7. The molecular weight excluding hydrogens is 496 g/mol. The molecule has 4 aromatic rings. The lowest BCUT2D eigenvalue weighted by Crippen LogP contribution is -2.35.